The van der Waals surface area contributed by atoms with Gasteiger partial charge in [-0.2, -0.15) is 0 Å². The Morgan fingerprint density at radius 2 is 1.93 bits per heavy atom. The van der Waals surface area contributed by atoms with Gasteiger partial charge >= 0.3 is 0 Å². The topological polar surface area (TPSA) is 80.9 Å². The van der Waals surface area contributed by atoms with E-state index in [1.807, 2.05) is 55.5 Å². The smallest absolute Gasteiger partial charge is 0.214 e. The molecule has 0 spiro atoms. The number of oxazole rings is 1. The summed E-state index contributed by atoms with van der Waals surface area (Å²) >= 11 is 0. The van der Waals surface area contributed by atoms with Gasteiger partial charge in [-0.05, 0) is 19.1 Å². The van der Waals surface area contributed by atoms with Crippen LogP contribution in [0.15, 0.2) is 64.1 Å². The van der Waals surface area contributed by atoms with Crippen LogP contribution in [0, 0.1) is 0 Å². The van der Waals surface area contributed by atoms with E-state index in [1.165, 1.54) is 0 Å². The first kappa shape index (κ1) is 22.5. The van der Waals surface area contributed by atoms with Crippen LogP contribution in [0.3, 0.4) is 0 Å². The molecule has 0 bridgehead atoms. The zero-order chi connectivity index (χ0) is 19.8. The molecule has 2 N–H and O–H groups in total. The molecule has 0 unspecified atom stereocenters. The molecule has 0 aliphatic heterocycles. The third-order valence-corrected chi connectivity index (χ3v) is 3.97. The quantitative estimate of drug-likeness (QED) is 0.277. The van der Waals surface area contributed by atoms with Crippen LogP contribution < -0.4 is 20.1 Å². The van der Waals surface area contributed by atoms with Crippen LogP contribution in [0.1, 0.15) is 12.8 Å². The lowest BCUT2D eigenvalue weighted by Gasteiger charge is -2.14. The maximum atomic E-state index is 5.80. The summed E-state index contributed by atoms with van der Waals surface area (Å²) < 4.78 is 16.7. The predicted octanol–water partition coefficient (Wildman–Crippen LogP) is 4.55. The minimum atomic E-state index is 0. The van der Waals surface area contributed by atoms with Crippen molar-refractivity contribution in [3.05, 3.63) is 60.6 Å². The molecule has 0 fully saturated rings. The minimum Gasteiger partial charge on any atom is -0.493 e. The van der Waals surface area contributed by atoms with Gasteiger partial charge in [0.25, 0.3) is 0 Å². The number of ether oxygens (including phenoxy) is 2. The fourth-order valence-corrected chi connectivity index (χ4v) is 2.62. The molecule has 7 nitrogen and oxygen atoms in total. The molecule has 1 heterocycles. The molecule has 154 valence electrons. The van der Waals surface area contributed by atoms with E-state index in [2.05, 4.69) is 20.6 Å². The molecule has 0 atom stereocenters. The number of nitrogens with zero attached hydrogens (tertiary/aromatic N) is 2. The highest BCUT2D eigenvalue weighted by Gasteiger charge is 2.09. The molecule has 2 aromatic carbocycles. The van der Waals surface area contributed by atoms with Gasteiger partial charge in [-0.25, -0.2) is 4.98 Å². The normalized spacial score (nSPS) is 10.8. The number of hydrogen-bond acceptors (Lipinski definition) is 5. The molecular formula is C21H25IN4O3. The van der Waals surface area contributed by atoms with E-state index in [0.717, 1.165) is 17.0 Å². The van der Waals surface area contributed by atoms with E-state index >= 15 is 0 Å². The fourth-order valence-electron chi connectivity index (χ4n) is 2.62. The Morgan fingerprint density at radius 3 is 2.62 bits per heavy atom. The van der Waals surface area contributed by atoms with Gasteiger partial charge in [0.1, 0.15) is 0 Å². The zero-order valence-corrected chi connectivity index (χ0v) is 19.0. The molecule has 3 aromatic rings. The van der Waals surface area contributed by atoms with Gasteiger partial charge in [-0.3, -0.25) is 4.99 Å². The maximum Gasteiger partial charge on any atom is 0.214 e. The average molecular weight is 508 g/mol. The first-order valence-corrected chi connectivity index (χ1v) is 9.02. The first-order valence-electron chi connectivity index (χ1n) is 9.02. The fraction of sp³-hybridized carbons (Fsp3) is 0.238. The average Bonchev–Trinajstić information content (AvgIpc) is 3.22. The summed E-state index contributed by atoms with van der Waals surface area (Å²) in [5.41, 5.74) is 1.82. The van der Waals surface area contributed by atoms with Crippen LogP contribution in [-0.4, -0.2) is 31.7 Å². The Labute approximate surface area is 187 Å². The number of benzene rings is 2. The number of anilines is 1. The second-order valence-electron chi connectivity index (χ2n) is 5.83. The van der Waals surface area contributed by atoms with E-state index in [0.29, 0.717) is 36.5 Å². The Bertz CT molecular complexity index is 929. The van der Waals surface area contributed by atoms with Crippen molar-refractivity contribution in [1.82, 2.24) is 10.3 Å². The molecule has 0 aliphatic carbocycles. The monoisotopic (exact) mass is 508 g/mol. The van der Waals surface area contributed by atoms with Crippen molar-refractivity contribution < 1.29 is 13.9 Å². The molecule has 0 saturated carbocycles. The third kappa shape index (κ3) is 6.11. The van der Waals surface area contributed by atoms with Gasteiger partial charge < -0.3 is 24.5 Å². The first-order chi connectivity index (χ1) is 13.7. The summed E-state index contributed by atoms with van der Waals surface area (Å²) in [6.07, 6.45) is 1.72. The summed E-state index contributed by atoms with van der Waals surface area (Å²) in [6, 6.07) is 15.5. The summed E-state index contributed by atoms with van der Waals surface area (Å²) in [5.74, 6) is 3.25. The van der Waals surface area contributed by atoms with E-state index in [-0.39, 0.29) is 24.0 Å². The largest absolute Gasteiger partial charge is 0.493 e. The Morgan fingerprint density at radius 1 is 1.14 bits per heavy atom. The highest BCUT2D eigenvalue weighted by atomic mass is 127. The van der Waals surface area contributed by atoms with Crippen molar-refractivity contribution >= 4 is 35.6 Å². The number of aromatic nitrogens is 1. The van der Waals surface area contributed by atoms with Crippen LogP contribution in [0.25, 0.3) is 11.3 Å². The Hall–Kier alpha value is -2.75. The van der Waals surface area contributed by atoms with Gasteiger partial charge in [0, 0.05) is 24.4 Å². The number of aliphatic imine (C=N–C) groups is 1. The van der Waals surface area contributed by atoms with E-state index in [1.54, 1.807) is 20.4 Å². The summed E-state index contributed by atoms with van der Waals surface area (Å²) in [7, 11) is 3.31. The van der Waals surface area contributed by atoms with Crippen LogP contribution in [0.5, 0.6) is 11.5 Å². The van der Waals surface area contributed by atoms with Crippen LogP contribution in [-0.2, 0) is 6.54 Å². The molecule has 29 heavy (non-hydrogen) atoms. The van der Waals surface area contributed by atoms with Crippen LogP contribution >= 0.6 is 24.0 Å². The van der Waals surface area contributed by atoms with E-state index < -0.39 is 0 Å². The zero-order valence-electron chi connectivity index (χ0n) is 16.6. The lowest BCUT2D eigenvalue weighted by molar-refractivity contribution is 0.311. The van der Waals surface area contributed by atoms with Crippen molar-refractivity contribution in [1.29, 1.82) is 0 Å². The van der Waals surface area contributed by atoms with Crippen molar-refractivity contribution in [2.24, 2.45) is 4.99 Å². The second kappa shape index (κ2) is 11.3. The van der Waals surface area contributed by atoms with Crippen LogP contribution in [0.4, 0.5) is 5.69 Å². The Balaban J connectivity index is 0.00000300. The van der Waals surface area contributed by atoms with Gasteiger partial charge in [-0.1, -0.05) is 30.3 Å². The SMILES string of the molecule is CCOc1ccc(NC(=NC)NCc2ncc(-c3ccccc3)o2)cc1OC.I. The Kier molecular flexibility index (Phi) is 8.78. The summed E-state index contributed by atoms with van der Waals surface area (Å²) in [6.45, 7) is 2.91. The second-order valence-corrected chi connectivity index (χ2v) is 5.83. The number of guanidine groups is 1. The molecule has 3 rings (SSSR count). The number of nitrogens with one attached hydrogen (secondary N) is 2. The lowest BCUT2D eigenvalue weighted by Crippen LogP contribution is -2.30. The van der Waals surface area contributed by atoms with Crippen molar-refractivity contribution in [2.45, 2.75) is 13.5 Å². The van der Waals surface area contributed by atoms with Gasteiger partial charge in [0.2, 0.25) is 5.89 Å². The van der Waals surface area contributed by atoms with Crippen molar-refractivity contribution in [3.63, 3.8) is 0 Å². The molecular weight excluding hydrogens is 483 g/mol. The van der Waals surface area contributed by atoms with E-state index in [4.69, 9.17) is 13.9 Å². The number of methoxy groups -OCH3 is 1. The standard InChI is InChI=1S/C21H24N4O3.HI/c1-4-27-17-11-10-16(12-18(17)26-3)25-21(22-2)24-14-20-23-13-19(28-20)15-8-6-5-7-9-15;/h5-13H,4,14H2,1-3H3,(H2,22,24,25);1H. The minimum absolute atomic E-state index is 0. The molecule has 1 aromatic heterocycles. The van der Waals surface area contributed by atoms with Gasteiger partial charge in [0.05, 0.1) is 26.5 Å². The third-order valence-electron chi connectivity index (χ3n) is 3.97. The van der Waals surface area contributed by atoms with Crippen LogP contribution in [0.2, 0.25) is 0 Å². The van der Waals surface area contributed by atoms with Crippen molar-refractivity contribution in [3.8, 4) is 22.8 Å². The lowest BCUT2D eigenvalue weighted by atomic mass is 10.2. The molecule has 8 heteroatoms. The number of rotatable bonds is 7. The molecule has 0 aliphatic rings. The van der Waals surface area contributed by atoms with Gasteiger partial charge in [-0.15, -0.1) is 24.0 Å². The van der Waals surface area contributed by atoms with Crippen molar-refractivity contribution in [2.75, 3.05) is 26.1 Å². The highest BCUT2D eigenvalue weighted by molar-refractivity contribution is 14.0. The molecule has 0 saturated heterocycles. The van der Waals surface area contributed by atoms with Gasteiger partial charge in [0.15, 0.2) is 23.2 Å². The summed E-state index contributed by atoms with van der Waals surface area (Å²) in [5, 5.41) is 6.40. The van der Waals surface area contributed by atoms with E-state index in [9.17, 15) is 0 Å². The molecule has 0 amide bonds. The highest BCUT2D eigenvalue weighted by Crippen LogP contribution is 2.30. The maximum absolute atomic E-state index is 5.80. The summed E-state index contributed by atoms with van der Waals surface area (Å²) in [4.78, 5) is 8.55. The number of hydrogen-bond donors (Lipinski definition) is 2. The molecule has 0 radical (unpaired) electrons. The number of halogens is 1. The predicted molar refractivity (Wildman–Crippen MR) is 125 cm³/mol.